The fraction of sp³-hybridized carbons (Fsp3) is 0.167. The second kappa shape index (κ2) is 4.18. The molecule has 0 aliphatic carbocycles. The van der Waals surface area contributed by atoms with Crippen LogP contribution in [-0.2, 0) is 0 Å². The molecular weight excluding hydrogens is 202 g/mol. The zero-order valence-electron chi connectivity index (χ0n) is 9.27. The summed E-state index contributed by atoms with van der Waals surface area (Å²) >= 11 is 0. The lowest BCUT2D eigenvalue weighted by Gasteiger charge is -1.98. The van der Waals surface area contributed by atoms with Crippen LogP contribution in [0.3, 0.4) is 0 Å². The van der Waals surface area contributed by atoms with Crippen LogP contribution >= 0.6 is 0 Å². The minimum Gasteiger partial charge on any atom is -0.339 e. The van der Waals surface area contributed by atoms with E-state index in [-0.39, 0.29) is 6.03 Å². The van der Waals surface area contributed by atoms with Gasteiger partial charge in [0.05, 0.1) is 5.69 Å². The molecule has 1 aromatic carbocycles. The van der Waals surface area contributed by atoms with Gasteiger partial charge in [-0.2, -0.15) is 9.78 Å². The SMILES string of the molecule is CNC(=O)n1cc(C)c(-c2ccccc2)n1. The van der Waals surface area contributed by atoms with Gasteiger partial charge < -0.3 is 5.32 Å². The first-order chi connectivity index (χ1) is 7.72. The molecule has 0 aliphatic heterocycles. The lowest BCUT2D eigenvalue weighted by molar-refractivity contribution is 0.241. The maximum absolute atomic E-state index is 11.4. The molecule has 0 aliphatic rings. The summed E-state index contributed by atoms with van der Waals surface area (Å²) in [5, 5.41) is 6.79. The van der Waals surface area contributed by atoms with E-state index in [2.05, 4.69) is 10.4 Å². The van der Waals surface area contributed by atoms with E-state index in [0.29, 0.717) is 0 Å². The van der Waals surface area contributed by atoms with Gasteiger partial charge in [-0.3, -0.25) is 0 Å². The summed E-state index contributed by atoms with van der Waals surface area (Å²) in [7, 11) is 1.58. The van der Waals surface area contributed by atoms with Gasteiger partial charge in [0, 0.05) is 18.8 Å². The molecule has 0 radical (unpaired) electrons. The first-order valence-electron chi connectivity index (χ1n) is 5.06. The van der Waals surface area contributed by atoms with E-state index >= 15 is 0 Å². The number of rotatable bonds is 1. The summed E-state index contributed by atoms with van der Waals surface area (Å²) in [5.41, 5.74) is 2.83. The van der Waals surface area contributed by atoms with Gasteiger partial charge in [0.25, 0.3) is 0 Å². The summed E-state index contributed by atoms with van der Waals surface area (Å²) in [6, 6.07) is 9.58. The number of amides is 1. The number of carbonyl (C=O) groups excluding carboxylic acids is 1. The molecule has 16 heavy (non-hydrogen) atoms. The normalized spacial score (nSPS) is 10.1. The average Bonchev–Trinajstić information content (AvgIpc) is 2.71. The number of benzene rings is 1. The van der Waals surface area contributed by atoms with Crippen LogP contribution < -0.4 is 5.32 Å². The molecule has 0 atom stereocenters. The molecule has 4 nitrogen and oxygen atoms in total. The van der Waals surface area contributed by atoms with Crippen molar-refractivity contribution in [3.8, 4) is 11.3 Å². The minimum absolute atomic E-state index is 0.231. The predicted molar refractivity (Wildman–Crippen MR) is 62.3 cm³/mol. The van der Waals surface area contributed by atoms with Crippen molar-refractivity contribution < 1.29 is 4.79 Å². The van der Waals surface area contributed by atoms with Crippen LogP contribution in [0.2, 0.25) is 0 Å². The third-order valence-corrected chi connectivity index (χ3v) is 2.37. The third kappa shape index (κ3) is 1.82. The first-order valence-corrected chi connectivity index (χ1v) is 5.06. The average molecular weight is 215 g/mol. The van der Waals surface area contributed by atoms with Gasteiger partial charge in [-0.05, 0) is 12.5 Å². The van der Waals surface area contributed by atoms with E-state index in [0.717, 1.165) is 16.8 Å². The Bertz CT molecular complexity index is 502. The highest BCUT2D eigenvalue weighted by atomic mass is 16.2. The Labute approximate surface area is 93.9 Å². The Balaban J connectivity index is 2.44. The second-order valence-electron chi connectivity index (χ2n) is 3.53. The van der Waals surface area contributed by atoms with E-state index in [4.69, 9.17) is 0 Å². The van der Waals surface area contributed by atoms with E-state index in [1.54, 1.807) is 13.2 Å². The summed E-state index contributed by atoms with van der Waals surface area (Å²) in [5.74, 6) is 0. The van der Waals surface area contributed by atoms with Gasteiger partial charge in [0.15, 0.2) is 0 Å². The lowest BCUT2D eigenvalue weighted by atomic mass is 10.1. The number of hydrogen-bond acceptors (Lipinski definition) is 2. The standard InChI is InChI=1S/C12H13N3O/c1-9-8-15(12(16)13-2)14-11(9)10-6-4-3-5-7-10/h3-8H,1-2H3,(H,13,16). The number of hydrogen-bond donors (Lipinski definition) is 1. The highest BCUT2D eigenvalue weighted by Gasteiger charge is 2.10. The molecule has 0 bridgehead atoms. The number of aromatic nitrogens is 2. The number of nitrogens with zero attached hydrogens (tertiary/aromatic N) is 2. The highest BCUT2D eigenvalue weighted by molar-refractivity contribution is 5.77. The highest BCUT2D eigenvalue weighted by Crippen LogP contribution is 2.20. The molecule has 4 heteroatoms. The van der Waals surface area contributed by atoms with Gasteiger partial charge in [-0.15, -0.1) is 0 Å². The van der Waals surface area contributed by atoms with Gasteiger partial charge in [-0.1, -0.05) is 30.3 Å². The third-order valence-electron chi connectivity index (χ3n) is 2.37. The molecule has 2 aromatic rings. The van der Waals surface area contributed by atoms with Crippen molar-refractivity contribution in [2.75, 3.05) is 7.05 Å². The number of carbonyl (C=O) groups is 1. The van der Waals surface area contributed by atoms with Crippen LogP contribution in [0.5, 0.6) is 0 Å². The molecule has 1 heterocycles. The van der Waals surface area contributed by atoms with Crippen LogP contribution in [0.25, 0.3) is 11.3 Å². The van der Waals surface area contributed by atoms with Crippen molar-refractivity contribution in [3.63, 3.8) is 0 Å². The van der Waals surface area contributed by atoms with Crippen LogP contribution in [-0.4, -0.2) is 22.9 Å². The molecule has 2 rings (SSSR count). The van der Waals surface area contributed by atoms with E-state index < -0.39 is 0 Å². The first kappa shape index (κ1) is 10.4. The van der Waals surface area contributed by atoms with Crippen molar-refractivity contribution in [3.05, 3.63) is 42.1 Å². The molecule has 0 saturated heterocycles. The smallest absolute Gasteiger partial charge is 0.339 e. The quantitative estimate of drug-likeness (QED) is 0.791. The fourth-order valence-electron chi connectivity index (χ4n) is 1.56. The molecule has 0 fully saturated rings. The van der Waals surface area contributed by atoms with Crippen molar-refractivity contribution in [2.24, 2.45) is 0 Å². The van der Waals surface area contributed by atoms with Crippen molar-refractivity contribution in [1.82, 2.24) is 15.1 Å². The van der Waals surface area contributed by atoms with E-state index in [1.807, 2.05) is 37.3 Å². The van der Waals surface area contributed by atoms with Gasteiger partial charge in [-0.25, -0.2) is 4.79 Å². The Morgan fingerprint density at radius 3 is 2.62 bits per heavy atom. The van der Waals surface area contributed by atoms with Crippen molar-refractivity contribution in [2.45, 2.75) is 6.92 Å². The van der Waals surface area contributed by atoms with E-state index in [1.165, 1.54) is 4.68 Å². The zero-order valence-corrected chi connectivity index (χ0v) is 9.27. The summed E-state index contributed by atoms with van der Waals surface area (Å²) in [4.78, 5) is 11.4. The van der Waals surface area contributed by atoms with Gasteiger partial charge >= 0.3 is 6.03 Å². The van der Waals surface area contributed by atoms with Gasteiger partial charge in [0.1, 0.15) is 0 Å². The Morgan fingerprint density at radius 2 is 2.00 bits per heavy atom. The van der Waals surface area contributed by atoms with E-state index in [9.17, 15) is 4.79 Å². The molecule has 1 N–H and O–H groups in total. The largest absolute Gasteiger partial charge is 0.341 e. The maximum atomic E-state index is 11.4. The lowest BCUT2D eigenvalue weighted by Crippen LogP contribution is -2.24. The Kier molecular flexibility index (Phi) is 2.72. The van der Waals surface area contributed by atoms with Crippen molar-refractivity contribution in [1.29, 1.82) is 0 Å². The van der Waals surface area contributed by atoms with Crippen LogP contribution in [0.15, 0.2) is 36.5 Å². The number of nitrogens with one attached hydrogen (secondary N) is 1. The Hall–Kier alpha value is -2.10. The maximum Gasteiger partial charge on any atom is 0.341 e. The predicted octanol–water partition coefficient (Wildman–Crippen LogP) is 2.05. The molecule has 0 spiro atoms. The molecule has 1 amide bonds. The Morgan fingerprint density at radius 1 is 1.31 bits per heavy atom. The van der Waals surface area contributed by atoms with Crippen molar-refractivity contribution >= 4 is 6.03 Å². The second-order valence-corrected chi connectivity index (χ2v) is 3.53. The monoisotopic (exact) mass is 215 g/mol. The number of aryl methyl sites for hydroxylation is 1. The van der Waals surface area contributed by atoms with Crippen LogP contribution in [0.1, 0.15) is 5.56 Å². The summed E-state index contributed by atoms with van der Waals surface area (Å²) in [6.45, 7) is 1.94. The fourth-order valence-corrected chi connectivity index (χ4v) is 1.56. The zero-order chi connectivity index (χ0) is 11.5. The molecular formula is C12H13N3O. The molecule has 1 aromatic heterocycles. The van der Waals surface area contributed by atoms with Crippen LogP contribution in [0.4, 0.5) is 4.79 Å². The summed E-state index contributed by atoms with van der Waals surface area (Å²) < 4.78 is 1.32. The molecule has 0 saturated carbocycles. The van der Waals surface area contributed by atoms with Crippen LogP contribution in [0, 0.1) is 6.92 Å². The van der Waals surface area contributed by atoms with Gasteiger partial charge in [0.2, 0.25) is 0 Å². The molecule has 0 unspecified atom stereocenters. The topological polar surface area (TPSA) is 46.9 Å². The minimum atomic E-state index is -0.231. The summed E-state index contributed by atoms with van der Waals surface area (Å²) in [6.07, 6.45) is 1.72. The molecule has 82 valence electrons.